The van der Waals surface area contributed by atoms with E-state index in [9.17, 15) is 4.39 Å². The summed E-state index contributed by atoms with van der Waals surface area (Å²) in [5.74, 6) is 0. The van der Waals surface area contributed by atoms with Crippen LogP contribution in [0.2, 0.25) is 0 Å². The maximum Gasteiger partial charge on any atom is 0.141 e. The Labute approximate surface area is 89.9 Å². The molecule has 0 saturated carbocycles. The number of alkyl halides is 1. The van der Waals surface area contributed by atoms with E-state index in [-0.39, 0.29) is 6.04 Å². The van der Waals surface area contributed by atoms with E-state index >= 15 is 0 Å². The van der Waals surface area contributed by atoms with Crippen molar-refractivity contribution in [2.75, 3.05) is 19.3 Å². The molecule has 1 aromatic rings. The summed E-state index contributed by atoms with van der Waals surface area (Å²) in [6.07, 6.45) is 1.15. The number of nitrogens with two attached hydrogens (primary N) is 1. The second-order valence-corrected chi connectivity index (χ2v) is 4.26. The number of halogens is 1. The number of hydrogen-bond acceptors (Lipinski definition) is 2. The average Bonchev–Trinajstić information content (AvgIpc) is 2.65. The summed E-state index contributed by atoms with van der Waals surface area (Å²) in [7, 11) is 1.99. The Balaban J connectivity index is 2.13. The van der Waals surface area contributed by atoms with Crippen LogP contribution in [0.25, 0.3) is 0 Å². The third kappa shape index (κ3) is 2.12. The van der Waals surface area contributed by atoms with Crippen LogP contribution < -0.4 is 5.73 Å². The Morgan fingerprint density at radius 3 is 2.60 bits per heavy atom. The highest BCUT2D eigenvalue weighted by Crippen LogP contribution is 2.31. The van der Waals surface area contributed by atoms with E-state index in [0.717, 1.165) is 24.9 Å². The van der Waals surface area contributed by atoms with Gasteiger partial charge in [-0.1, -0.05) is 12.1 Å². The van der Waals surface area contributed by atoms with Gasteiger partial charge < -0.3 is 10.6 Å². The maximum absolute atomic E-state index is 14.1. The Kier molecular flexibility index (Phi) is 2.91. The van der Waals surface area contributed by atoms with Crippen LogP contribution in [0, 0.1) is 0 Å². The quantitative estimate of drug-likeness (QED) is 0.756. The Morgan fingerprint density at radius 1 is 1.40 bits per heavy atom. The zero-order valence-electron chi connectivity index (χ0n) is 8.99. The van der Waals surface area contributed by atoms with Crippen molar-refractivity contribution in [1.82, 2.24) is 4.90 Å². The molecule has 1 saturated heterocycles. The van der Waals surface area contributed by atoms with Crippen molar-refractivity contribution in [3.05, 3.63) is 29.8 Å². The van der Waals surface area contributed by atoms with Gasteiger partial charge >= 0.3 is 0 Å². The first kappa shape index (κ1) is 10.4. The van der Waals surface area contributed by atoms with E-state index in [1.807, 2.05) is 7.05 Å². The van der Waals surface area contributed by atoms with Crippen molar-refractivity contribution in [2.45, 2.75) is 25.1 Å². The van der Waals surface area contributed by atoms with Crippen molar-refractivity contribution in [1.29, 1.82) is 0 Å². The fraction of sp³-hybridized carbons (Fsp3) is 0.500. The number of hydrogen-bond donors (Lipinski definition) is 1. The van der Waals surface area contributed by atoms with Gasteiger partial charge in [-0.2, -0.15) is 0 Å². The summed E-state index contributed by atoms with van der Waals surface area (Å²) in [5.41, 5.74) is 7.00. The second kappa shape index (κ2) is 4.19. The van der Waals surface area contributed by atoms with Crippen LogP contribution in [0.1, 0.15) is 24.6 Å². The lowest BCUT2D eigenvalue weighted by Crippen LogP contribution is -2.29. The topological polar surface area (TPSA) is 29.3 Å². The monoisotopic (exact) mass is 208 g/mol. The molecule has 1 fully saturated rings. The molecule has 0 spiro atoms. The smallest absolute Gasteiger partial charge is 0.141 e. The van der Waals surface area contributed by atoms with E-state index in [1.54, 1.807) is 24.3 Å². The summed E-state index contributed by atoms with van der Waals surface area (Å²) in [6, 6.07) is 7.13. The van der Waals surface area contributed by atoms with Crippen LogP contribution in [-0.2, 0) is 0 Å². The van der Waals surface area contributed by atoms with Crippen molar-refractivity contribution >= 4 is 5.69 Å². The molecule has 2 atom stereocenters. The highest BCUT2D eigenvalue weighted by molar-refractivity contribution is 5.40. The minimum absolute atomic E-state index is 0.0358. The lowest BCUT2D eigenvalue weighted by atomic mass is 10.0. The zero-order chi connectivity index (χ0) is 10.8. The molecule has 1 heterocycles. The molecule has 1 aliphatic rings. The largest absolute Gasteiger partial charge is 0.399 e. The van der Waals surface area contributed by atoms with Gasteiger partial charge in [-0.25, -0.2) is 4.39 Å². The van der Waals surface area contributed by atoms with Crippen LogP contribution in [0.3, 0.4) is 0 Å². The van der Waals surface area contributed by atoms with Crippen LogP contribution in [0.15, 0.2) is 24.3 Å². The molecule has 2 rings (SSSR count). The molecule has 3 heteroatoms. The minimum atomic E-state index is -0.891. The number of likely N-dealkylation sites (N-methyl/N-ethyl adjacent to an activating group) is 1. The SMILES string of the molecule is CN1CCCC1C(F)c1ccc(N)cc1. The fourth-order valence-electron chi connectivity index (χ4n) is 2.21. The number of anilines is 1. The summed E-state index contributed by atoms with van der Waals surface area (Å²) >= 11 is 0. The molecule has 1 aliphatic heterocycles. The number of rotatable bonds is 2. The highest BCUT2D eigenvalue weighted by Gasteiger charge is 2.30. The lowest BCUT2D eigenvalue weighted by molar-refractivity contribution is 0.174. The molecule has 0 aliphatic carbocycles. The average molecular weight is 208 g/mol. The molecule has 0 bridgehead atoms. The third-order valence-corrected chi connectivity index (χ3v) is 3.17. The standard InChI is InChI=1S/C12H17FN2/c1-15-8-2-3-11(15)12(13)9-4-6-10(14)7-5-9/h4-7,11-12H,2-3,8,14H2,1H3. The summed E-state index contributed by atoms with van der Waals surface area (Å²) < 4.78 is 14.1. The molecule has 82 valence electrons. The summed E-state index contributed by atoms with van der Waals surface area (Å²) in [5, 5.41) is 0. The highest BCUT2D eigenvalue weighted by atomic mass is 19.1. The van der Waals surface area contributed by atoms with E-state index in [4.69, 9.17) is 5.73 Å². The van der Waals surface area contributed by atoms with Crippen LogP contribution in [0.5, 0.6) is 0 Å². The van der Waals surface area contributed by atoms with Crippen molar-refractivity contribution in [3.8, 4) is 0 Å². The summed E-state index contributed by atoms with van der Waals surface area (Å²) in [4.78, 5) is 2.10. The van der Waals surface area contributed by atoms with E-state index < -0.39 is 6.17 Å². The molecular formula is C12H17FN2. The molecule has 2 N–H and O–H groups in total. The Morgan fingerprint density at radius 2 is 2.07 bits per heavy atom. The van der Waals surface area contributed by atoms with E-state index in [2.05, 4.69) is 4.90 Å². The summed E-state index contributed by atoms with van der Waals surface area (Å²) in [6.45, 7) is 1.00. The number of nitrogen functional groups attached to an aromatic ring is 1. The number of likely N-dealkylation sites (tertiary alicyclic amines) is 1. The first-order valence-electron chi connectivity index (χ1n) is 5.38. The molecule has 2 unspecified atom stereocenters. The minimum Gasteiger partial charge on any atom is -0.399 e. The zero-order valence-corrected chi connectivity index (χ0v) is 8.99. The third-order valence-electron chi connectivity index (χ3n) is 3.17. The molecular weight excluding hydrogens is 191 g/mol. The van der Waals surface area contributed by atoms with Crippen LogP contribution in [0.4, 0.5) is 10.1 Å². The predicted octanol–water partition coefficient (Wildman–Crippen LogP) is 2.37. The first-order chi connectivity index (χ1) is 7.18. The van der Waals surface area contributed by atoms with Crippen molar-refractivity contribution in [2.24, 2.45) is 0 Å². The van der Waals surface area contributed by atoms with Gasteiger partial charge in [-0.15, -0.1) is 0 Å². The predicted molar refractivity (Wildman–Crippen MR) is 60.4 cm³/mol. The molecule has 15 heavy (non-hydrogen) atoms. The maximum atomic E-state index is 14.1. The van der Waals surface area contributed by atoms with E-state index in [0.29, 0.717) is 5.69 Å². The Bertz CT molecular complexity index is 323. The van der Waals surface area contributed by atoms with Gasteiger partial charge in [-0.3, -0.25) is 0 Å². The molecule has 2 nitrogen and oxygen atoms in total. The van der Waals surface area contributed by atoms with Gasteiger partial charge in [-0.05, 0) is 44.1 Å². The molecule has 0 radical (unpaired) electrons. The number of benzene rings is 1. The molecule has 1 aromatic carbocycles. The normalized spacial score (nSPS) is 24.3. The molecule has 0 aromatic heterocycles. The van der Waals surface area contributed by atoms with Gasteiger partial charge in [0.1, 0.15) is 6.17 Å². The van der Waals surface area contributed by atoms with Crippen LogP contribution in [-0.4, -0.2) is 24.5 Å². The number of nitrogens with zero attached hydrogens (tertiary/aromatic N) is 1. The lowest BCUT2D eigenvalue weighted by Gasteiger charge is -2.23. The van der Waals surface area contributed by atoms with Gasteiger partial charge in [0.2, 0.25) is 0 Å². The van der Waals surface area contributed by atoms with Crippen molar-refractivity contribution in [3.63, 3.8) is 0 Å². The van der Waals surface area contributed by atoms with E-state index in [1.165, 1.54) is 0 Å². The van der Waals surface area contributed by atoms with Gasteiger partial charge in [0.05, 0.1) is 0 Å². The van der Waals surface area contributed by atoms with Crippen LogP contribution >= 0.6 is 0 Å². The fourth-order valence-corrected chi connectivity index (χ4v) is 2.21. The Hall–Kier alpha value is -1.09. The van der Waals surface area contributed by atoms with Gasteiger partial charge in [0, 0.05) is 11.7 Å². The van der Waals surface area contributed by atoms with Crippen molar-refractivity contribution < 1.29 is 4.39 Å². The second-order valence-electron chi connectivity index (χ2n) is 4.26. The molecule has 0 amide bonds. The first-order valence-corrected chi connectivity index (χ1v) is 5.38. The van der Waals surface area contributed by atoms with Gasteiger partial charge in [0.25, 0.3) is 0 Å². The van der Waals surface area contributed by atoms with Gasteiger partial charge in [0.15, 0.2) is 0 Å².